The molecule has 0 fully saturated rings. The van der Waals surface area contributed by atoms with Crippen molar-refractivity contribution < 1.29 is 22.8 Å². The van der Waals surface area contributed by atoms with Crippen LogP contribution in [0.3, 0.4) is 0 Å². The second kappa shape index (κ2) is 7.61. The largest absolute Gasteiger partial charge is 0.573 e. The molecule has 1 heterocycles. The number of tetrazole rings is 1. The molecule has 0 atom stereocenters. The number of thioether (sulfide) groups is 1. The number of ether oxygens (including phenoxy) is 1. The minimum atomic E-state index is -4.78. The molecule has 0 aliphatic carbocycles. The van der Waals surface area contributed by atoms with Crippen LogP contribution in [0.2, 0.25) is 0 Å². The SMILES string of the molecule is O=[N+]([O-])c1ccccc1CSc1nnnn1-c1ccc(OC(F)(F)F)cc1. The standard InChI is InChI=1S/C15H10F3N5O3S/c16-15(17,18)26-12-7-5-11(6-8-12)22-14(19-20-21-22)27-9-10-3-1-2-4-13(10)23(24)25/h1-8H,9H2. The van der Waals surface area contributed by atoms with Gasteiger partial charge in [-0.15, -0.1) is 18.3 Å². The van der Waals surface area contributed by atoms with Gasteiger partial charge >= 0.3 is 6.36 Å². The monoisotopic (exact) mass is 397 g/mol. The topological polar surface area (TPSA) is 96.0 Å². The molecule has 8 nitrogen and oxygen atoms in total. The average molecular weight is 397 g/mol. The van der Waals surface area contributed by atoms with E-state index in [-0.39, 0.29) is 17.2 Å². The lowest BCUT2D eigenvalue weighted by molar-refractivity contribution is -0.385. The quantitative estimate of drug-likeness (QED) is 0.355. The predicted molar refractivity (Wildman–Crippen MR) is 88.5 cm³/mol. The first-order valence-electron chi connectivity index (χ1n) is 7.33. The number of halogens is 3. The van der Waals surface area contributed by atoms with Crippen LogP contribution in [-0.2, 0) is 5.75 Å². The Balaban J connectivity index is 1.76. The van der Waals surface area contributed by atoms with Crippen molar-refractivity contribution in [2.45, 2.75) is 17.3 Å². The molecular formula is C15H10F3N5O3S. The molecule has 0 N–H and O–H groups in total. The predicted octanol–water partition coefficient (Wildman–Crippen LogP) is 3.76. The summed E-state index contributed by atoms with van der Waals surface area (Å²) >= 11 is 1.16. The maximum absolute atomic E-state index is 12.2. The van der Waals surface area contributed by atoms with Crippen LogP contribution in [0.15, 0.2) is 53.7 Å². The number of benzene rings is 2. The molecule has 0 unspecified atom stereocenters. The number of hydrogen-bond donors (Lipinski definition) is 0. The van der Waals surface area contributed by atoms with Gasteiger partial charge in [-0.2, -0.15) is 4.68 Å². The normalized spacial score (nSPS) is 11.4. The van der Waals surface area contributed by atoms with Crippen LogP contribution in [-0.4, -0.2) is 31.5 Å². The molecule has 0 bridgehead atoms. The summed E-state index contributed by atoms with van der Waals surface area (Å²) in [5, 5.41) is 22.6. The Morgan fingerprint density at radius 2 is 1.85 bits per heavy atom. The zero-order valence-electron chi connectivity index (χ0n) is 13.3. The molecule has 0 aliphatic heterocycles. The molecule has 0 saturated heterocycles. The van der Waals surface area contributed by atoms with Gasteiger partial charge < -0.3 is 4.74 Å². The third-order valence-electron chi connectivity index (χ3n) is 3.30. The minimum absolute atomic E-state index is 0.0160. The highest BCUT2D eigenvalue weighted by Gasteiger charge is 2.31. The fourth-order valence-corrected chi connectivity index (χ4v) is 3.06. The molecule has 0 saturated carbocycles. The summed E-state index contributed by atoms with van der Waals surface area (Å²) in [6, 6.07) is 11.3. The molecule has 140 valence electrons. The summed E-state index contributed by atoms with van der Waals surface area (Å²) in [5.41, 5.74) is 0.897. The molecule has 0 amide bonds. The molecule has 3 rings (SSSR count). The van der Waals surface area contributed by atoms with E-state index in [1.54, 1.807) is 18.2 Å². The average Bonchev–Trinajstić information content (AvgIpc) is 3.08. The van der Waals surface area contributed by atoms with Gasteiger partial charge in [-0.05, 0) is 34.7 Å². The van der Waals surface area contributed by atoms with Crippen molar-refractivity contribution in [3.8, 4) is 11.4 Å². The Morgan fingerprint density at radius 1 is 1.15 bits per heavy atom. The van der Waals surface area contributed by atoms with E-state index in [9.17, 15) is 23.3 Å². The highest BCUT2D eigenvalue weighted by molar-refractivity contribution is 7.98. The first-order valence-corrected chi connectivity index (χ1v) is 8.32. The fourth-order valence-electron chi connectivity index (χ4n) is 2.17. The van der Waals surface area contributed by atoms with Gasteiger partial charge in [0.25, 0.3) is 5.69 Å². The molecule has 12 heteroatoms. The summed E-state index contributed by atoms with van der Waals surface area (Å²) in [5.74, 6) is -0.124. The van der Waals surface area contributed by atoms with Crippen LogP contribution < -0.4 is 4.74 Å². The molecule has 3 aromatic rings. The van der Waals surface area contributed by atoms with Gasteiger partial charge in [0.2, 0.25) is 5.16 Å². The van der Waals surface area contributed by atoms with Crippen molar-refractivity contribution in [3.05, 3.63) is 64.2 Å². The third-order valence-corrected chi connectivity index (χ3v) is 4.27. The number of nitro groups is 1. The van der Waals surface area contributed by atoms with E-state index < -0.39 is 11.3 Å². The van der Waals surface area contributed by atoms with E-state index in [1.807, 2.05) is 0 Å². The van der Waals surface area contributed by atoms with E-state index in [4.69, 9.17) is 0 Å². The lowest BCUT2D eigenvalue weighted by Crippen LogP contribution is -2.17. The highest BCUT2D eigenvalue weighted by Crippen LogP contribution is 2.28. The molecule has 27 heavy (non-hydrogen) atoms. The van der Waals surface area contributed by atoms with Crippen molar-refractivity contribution in [1.82, 2.24) is 20.2 Å². The van der Waals surface area contributed by atoms with Crippen LogP contribution in [0.1, 0.15) is 5.56 Å². The van der Waals surface area contributed by atoms with Crippen molar-refractivity contribution in [2.24, 2.45) is 0 Å². The maximum Gasteiger partial charge on any atom is 0.573 e. The van der Waals surface area contributed by atoms with E-state index >= 15 is 0 Å². The Bertz CT molecular complexity index is 946. The maximum atomic E-state index is 12.2. The second-order valence-electron chi connectivity index (χ2n) is 5.09. The van der Waals surface area contributed by atoms with Crippen LogP contribution in [0.25, 0.3) is 5.69 Å². The Morgan fingerprint density at radius 3 is 2.52 bits per heavy atom. The molecule has 2 aromatic carbocycles. The molecular weight excluding hydrogens is 387 g/mol. The zero-order chi connectivity index (χ0) is 19.4. The summed E-state index contributed by atoms with van der Waals surface area (Å²) in [6.07, 6.45) is -4.78. The first-order chi connectivity index (χ1) is 12.8. The van der Waals surface area contributed by atoms with Gasteiger partial charge in [0.05, 0.1) is 10.6 Å². The van der Waals surface area contributed by atoms with Gasteiger partial charge in [-0.3, -0.25) is 10.1 Å². The Labute approximate surface area is 154 Å². The van der Waals surface area contributed by atoms with Gasteiger partial charge in [0, 0.05) is 17.4 Å². The third kappa shape index (κ3) is 4.73. The van der Waals surface area contributed by atoms with Crippen LogP contribution in [0.5, 0.6) is 5.75 Å². The van der Waals surface area contributed by atoms with Crippen molar-refractivity contribution in [2.75, 3.05) is 0 Å². The Kier molecular flexibility index (Phi) is 5.26. The summed E-state index contributed by atoms with van der Waals surface area (Å²) in [7, 11) is 0. The van der Waals surface area contributed by atoms with Gasteiger partial charge in [-0.25, -0.2) is 0 Å². The summed E-state index contributed by atoms with van der Waals surface area (Å²) in [4.78, 5) is 10.6. The molecule has 0 spiro atoms. The number of hydrogen-bond acceptors (Lipinski definition) is 7. The smallest absolute Gasteiger partial charge is 0.406 e. The minimum Gasteiger partial charge on any atom is -0.406 e. The number of alkyl halides is 3. The van der Waals surface area contributed by atoms with Gasteiger partial charge in [-0.1, -0.05) is 30.0 Å². The van der Waals surface area contributed by atoms with Crippen LogP contribution >= 0.6 is 11.8 Å². The van der Waals surface area contributed by atoms with Crippen LogP contribution in [0.4, 0.5) is 18.9 Å². The number of rotatable bonds is 6. The Hall–Kier alpha value is -3.15. The fraction of sp³-hybridized carbons (Fsp3) is 0.133. The number of aromatic nitrogens is 4. The highest BCUT2D eigenvalue weighted by atomic mass is 32.2. The number of nitrogens with zero attached hydrogens (tertiary/aromatic N) is 5. The lowest BCUT2D eigenvalue weighted by atomic mass is 10.2. The van der Waals surface area contributed by atoms with E-state index in [0.29, 0.717) is 16.4 Å². The molecule has 1 aromatic heterocycles. The summed E-state index contributed by atoms with van der Waals surface area (Å²) < 4.78 is 41.8. The van der Waals surface area contributed by atoms with Crippen molar-refractivity contribution in [1.29, 1.82) is 0 Å². The molecule has 0 radical (unpaired) electrons. The van der Waals surface area contributed by atoms with Gasteiger partial charge in [0.15, 0.2) is 0 Å². The van der Waals surface area contributed by atoms with Gasteiger partial charge in [0.1, 0.15) is 5.75 Å². The molecule has 0 aliphatic rings. The van der Waals surface area contributed by atoms with E-state index in [1.165, 1.54) is 22.9 Å². The van der Waals surface area contributed by atoms with Crippen LogP contribution in [0, 0.1) is 10.1 Å². The van der Waals surface area contributed by atoms with E-state index in [2.05, 4.69) is 20.3 Å². The van der Waals surface area contributed by atoms with Crippen molar-refractivity contribution in [3.63, 3.8) is 0 Å². The first kappa shape index (κ1) is 18.6. The number of para-hydroxylation sites is 1. The van der Waals surface area contributed by atoms with Crippen molar-refractivity contribution >= 4 is 17.4 Å². The lowest BCUT2D eigenvalue weighted by Gasteiger charge is -2.09. The zero-order valence-corrected chi connectivity index (χ0v) is 14.1. The van der Waals surface area contributed by atoms with E-state index in [0.717, 1.165) is 23.9 Å². The second-order valence-corrected chi connectivity index (χ2v) is 6.03. The number of nitro benzene ring substituents is 1. The summed E-state index contributed by atoms with van der Waals surface area (Å²) in [6.45, 7) is 0.